The summed E-state index contributed by atoms with van der Waals surface area (Å²) in [5, 5.41) is 2.93. The van der Waals surface area contributed by atoms with Crippen LogP contribution < -0.4 is 5.32 Å². The van der Waals surface area contributed by atoms with Crippen molar-refractivity contribution in [3.63, 3.8) is 0 Å². The highest BCUT2D eigenvalue weighted by molar-refractivity contribution is 5.75. The highest BCUT2D eigenvalue weighted by Crippen LogP contribution is 2.35. The van der Waals surface area contributed by atoms with Crippen LogP contribution in [0.1, 0.15) is 45.4 Å². The number of carbonyl (C=O) groups excluding carboxylic acids is 1. The minimum absolute atomic E-state index is 0.0851. The van der Waals surface area contributed by atoms with Crippen LogP contribution in [0.3, 0.4) is 0 Å². The highest BCUT2D eigenvalue weighted by Gasteiger charge is 2.23. The van der Waals surface area contributed by atoms with Crippen LogP contribution in [0.4, 0.5) is 4.79 Å². The van der Waals surface area contributed by atoms with Crippen molar-refractivity contribution < 1.29 is 4.79 Å². The van der Waals surface area contributed by atoms with Gasteiger partial charge in [0.25, 0.3) is 0 Å². The summed E-state index contributed by atoms with van der Waals surface area (Å²) >= 11 is 0. The average Bonchev–Trinajstić information content (AvgIpc) is 3.09. The van der Waals surface area contributed by atoms with E-state index in [9.17, 15) is 4.79 Å². The Hall–Kier alpha value is -0.990. The van der Waals surface area contributed by atoms with Crippen molar-refractivity contribution in [1.82, 2.24) is 10.2 Å². The van der Waals surface area contributed by atoms with Gasteiger partial charge in [-0.2, -0.15) is 0 Å². The summed E-state index contributed by atoms with van der Waals surface area (Å²) in [6.07, 6.45) is 9.33. The zero-order valence-electron chi connectivity index (χ0n) is 10.2. The molecule has 0 radical (unpaired) electrons. The predicted octanol–water partition coefficient (Wildman–Crippen LogP) is 2.89. The summed E-state index contributed by atoms with van der Waals surface area (Å²) in [4.78, 5) is 13.8. The molecular weight excluding hydrogens is 200 g/mol. The molecule has 1 aliphatic heterocycles. The molecule has 90 valence electrons. The summed E-state index contributed by atoms with van der Waals surface area (Å²) in [6.45, 7) is 3.95. The molecule has 2 fully saturated rings. The fraction of sp³-hybridized carbons (Fsp3) is 0.769. The molecule has 2 rings (SSSR count). The zero-order valence-corrected chi connectivity index (χ0v) is 10.2. The van der Waals surface area contributed by atoms with Crippen LogP contribution >= 0.6 is 0 Å². The van der Waals surface area contributed by atoms with Gasteiger partial charge in [-0.3, -0.25) is 0 Å². The largest absolute Gasteiger partial charge is 0.325 e. The lowest BCUT2D eigenvalue weighted by Crippen LogP contribution is -2.38. The van der Waals surface area contributed by atoms with E-state index in [-0.39, 0.29) is 6.03 Å². The number of hydrogen-bond donors (Lipinski definition) is 1. The van der Waals surface area contributed by atoms with Crippen LogP contribution in [0.5, 0.6) is 0 Å². The highest BCUT2D eigenvalue weighted by atomic mass is 16.2. The van der Waals surface area contributed by atoms with Crippen LogP contribution in [0.25, 0.3) is 0 Å². The molecular formula is C13H22N2O. The molecule has 0 spiro atoms. The number of hydrogen-bond acceptors (Lipinski definition) is 1. The number of nitrogens with zero attached hydrogens (tertiary/aromatic N) is 1. The first-order valence-corrected chi connectivity index (χ1v) is 6.49. The maximum absolute atomic E-state index is 11.9. The van der Waals surface area contributed by atoms with E-state index >= 15 is 0 Å². The van der Waals surface area contributed by atoms with Gasteiger partial charge >= 0.3 is 6.03 Å². The third-order valence-corrected chi connectivity index (χ3v) is 3.54. The van der Waals surface area contributed by atoms with E-state index in [1.165, 1.54) is 31.3 Å². The number of urea groups is 1. The fourth-order valence-electron chi connectivity index (χ4n) is 2.20. The number of carbonyl (C=O) groups is 1. The molecule has 2 aliphatic rings. The molecule has 1 saturated carbocycles. The number of nitrogens with one attached hydrogen (secondary N) is 1. The van der Waals surface area contributed by atoms with E-state index in [1.54, 1.807) is 0 Å². The topological polar surface area (TPSA) is 32.3 Å². The van der Waals surface area contributed by atoms with E-state index in [0.717, 1.165) is 31.8 Å². The first-order chi connectivity index (χ1) is 7.77. The van der Waals surface area contributed by atoms with Gasteiger partial charge in [-0.15, -0.1) is 0 Å². The SMILES string of the molecule is C/C(=C\NC(=O)N1CCCCCC1)C1CC1. The van der Waals surface area contributed by atoms with Gasteiger partial charge in [0, 0.05) is 19.3 Å². The van der Waals surface area contributed by atoms with Crippen LogP contribution in [-0.4, -0.2) is 24.0 Å². The lowest BCUT2D eigenvalue weighted by atomic mass is 10.2. The number of rotatable bonds is 2. The van der Waals surface area contributed by atoms with E-state index in [1.807, 2.05) is 11.1 Å². The molecule has 3 heteroatoms. The maximum Gasteiger partial charge on any atom is 0.321 e. The summed E-state index contributed by atoms with van der Waals surface area (Å²) in [5.41, 5.74) is 1.32. The van der Waals surface area contributed by atoms with Crippen LogP contribution in [0.15, 0.2) is 11.8 Å². The van der Waals surface area contributed by atoms with E-state index in [2.05, 4.69) is 12.2 Å². The lowest BCUT2D eigenvalue weighted by molar-refractivity contribution is 0.203. The second kappa shape index (κ2) is 5.37. The third kappa shape index (κ3) is 3.26. The molecule has 0 aromatic rings. The second-order valence-electron chi connectivity index (χ2n) is 5.01. The van der Waals surface area contributed by atoms with E-state index in [4.69, 9.17) is 0 Å². The van der Waals surface area contributed by atoms with Gasteiger partial charge in [0.1, 0.15) is 0 Å². The number of allylic oxidation sites excluding steroid dienone is 1. The van der Waals surface area contributed by atoms with Gasteiger partial charge in [0.05, 0.1) is 0 Å². The molecule has 16 heavy (non-hydrogen) atoms. The van der Waals surface area contributed by atoms with Gasteiger partial charge in [-0.25, -0.2) is 4.79 Å². The first-order valence-electron chi connectivity index (χ1n) is 6.49. The fourth-order valence-corrected chi connectivity index (χ4v) is 2.20. The molecule has 0 bridgehead atoms. The standard InChI is InChI=1S/C13H22N2O/c1-11(12-6-7-12)10-14-13(16)15-8-4-2-3-5-9-15/h10,12H,2-9H2,1H3,(H,14,16)/b11-10+. The van der Waals surface area contributed by atoms with Gasteiger partial charge in [0.15, 0.2) is 0 Å². The minimum atomic E-state index is 0.0851. The molecule has 0 aromatic carbocycles. The average molecular weight is 222 g/mol. The molecule has 0 aromatic heterocycles. The Labute approximate surface area is 97.9 Å². The van der Waals surface area contributed by atoms with E-state index in [0.29, 0.717) is 0 Å². The smallest absolute Gasteiger partial charge is 0.321 e. The molecule has 0 unspecified atom stereocenters. The van der Waals surface area contributed by atoms with Crippen molar-refractivity contribution in [2.24, 2.45) is 5.92 Å². The normalized spacial score (nSPS) is 22.8. The summed E-state index contributed by atoms with van der Waals surface area (Å²) in [6, 6.07) is 0.0851. The molecule has 1 saturated heterocycles. The second-order valence-corrected chi connectivity index (χ2v) is 5.01. The number of amides is 2. The molecule has 0 atom stereocenters. The summed E-state index contributed by atoms with van der Waals surface area (Å²) in [5.74, 6) is 0.740. The van der Waals surface area contributed by atoms with Gasteiger partial charge in [-0.05, 0) is 38.5 Å². The van der Waals surface area contributed by atoms with Crippen molar-refractivity contribution in [2.45, 2.75) is 45.4 Å². The molecule has 1 N–H and O–H groups in total. The molecule has 2 amide bonds. The van der Waals surface area contributed by atoms with Gasteiger partial charge in [0.2, 0.25) is 0 Å². The van der Waals surface area contributed by atoms with Crippen molar-refractivity contribution in [3.05, 3.63) is 11.8 Å². The van der Waals surface area contributed by atoms with Crippen molar-refractivity contribution >= 4 is 6.03 Å². The monoisotopic (exact) mass is 222 g/mol. The van der Waals surface area contributed by atoms with Crippen LogP contribution in [-0.2, 0) is 0 Å². The van der Waals surface area contributed by atoms with Gasteiger partial charge in [-0.1, -0.05) is 18.4 Å². The van der Waals surface area contributed by atoms with E-state index < -0.39 is 0 Å². The Kier molecular flexibility index (Phi) is 3.86. The zero-order chi connectivity index (χ0) is 11.4. The molecule has 1 aliphatic carbocycles. The Bertz CT molecular complexity index is 274. The maximum atomic E-state index is 11.9. The van der Waals surface area contributed by atoms with Crippen LogP contribution in [0.2, 0.25) is 0 Å². The Morgan fingerprint density at radius 3 is 2.38 bits per heavy atom. The lowest BCUT2D eigenvalue weighted by Gasteiger charge is -2.19. The number of likely N-dealkylation sites (tertiary alicyclic amines) is 1. The van der Waals surface area contributed by atoms with Crippen molar-refractivity contribution in [1.29, 1.82) is 0 Å². The van der Waals surface area contributed by atoms with Crippen molar-refractivity contribution in [2.75, 3.05) is 13.1 Å². The predicted molar refractivity (Wildman–Crippen MR) is 65.1 cm³/mol. The Balaban J connectivity index is 1.79. The van der Waals surface area contributed by atoms with Crippen LogP contribution in [0, 0.1) is 5.92 Å². The minimum Gasteiger partial charge on any atom is -0.325 e. The molecule has 3 nitrogen and oxygen atoms in total. The third-order valence-electron chi connectivity index (χ3n) is 3.54. The Morgan fingerprint density at radius 2 is 1.81 bits per heavy atom. The molecule has 1 heterocycles. The van der Waals surface area contributed by atoms with Gasteiger partial charge < -0.3 is 10.2 Å². The first kappa shape index (κ1) is 11.5. The summed E-state index contributed by atoms with van der Waals surface area (Å²) in [7, 11) is 0. The Morgan fingerprint density at radius 1 is 1.19 bits per heavy atom. The van der Waals surface area contributed by atoms with Crippen molar-refractivity contribution in [3.8, 4) is 0 Å². The summed E-state index contributed by atoms with van der Waals surface area (Å²) < 4.78 is 0. The quantitative estimate of drug-likeness (QED) is 0.765.